The third-order valence-corrected chi connectivity index (χ3v) is 2.42. The average molecular weight is 192 g/mol. The van der Waals surface area contributed by atoms with Gasteiger partial charge >= 0.3 is 5.97 Å². The number of methoxy groups -OCH3 is 1. The van der Waals surface area contributed by atoms with Crippen LogP contribution in [0.3, 0.4) is 0 Å². The van der Waals surface area contributed by atoms with Gasteiger partial charge in [0.2, 0.25) is 0 Å². The third-order valence-electron chi connectivity index (χ3n) is 2.42. The number of hydrogen-bond donors (Lipinski definition) is 0. The Kier molecular flexibility index (Phi) is 2.50. The molecule has 2 rings (SSSR count). The number of benzene rings is 1. The highest BCUT2D eigenvalue weighted by Crippen LogP contribution is 2.32. The molecule has 1 aliphatic heterocycles. The Morgan fingerprint density at radius 2 is 2.36 bits per heavy atom. The number of carbonyl (C=O) groups is 1. The van der Waals surface area contributed by atoms with Crippen LogP contribution in [0.25, 0.3) is 0 Å². The minimum atomic E-state index is -0.230. The molecule has 1 aromatic rings. The first-order valence-corrected chi connectivity index (χ1v) is 4.57. The van der Waals surface area contributed by atoms with E-state index >= 15 is 0 Å². The normalized spacial score (nSPS) is 19.1. The van der Waals surface area contributed by atoms with E-state index in [1.165, 1.54) is 12.7 Å². The molecule has 0 saturated carbocycles. The summed E-state index contributed by atoms with van der Waals surface area (Å²) in [5, 5.41) is 0. The summed E-state index contributed by atoms with van der Waals surface area (Å²) in [5.74, 6) is -0.230. The van der Waals surface area contributed by atoms with E-state index in [4.69, 9.17) is 4.74 Å². The smallest absolute Gasteiger partial charge is 0.308 e. The molecule has 0 radical (unpaired) electrons. The summed E-state index contributed by atoms with van der Waals surface area (Å²) in [6.07, 6.45) is 0.173. The number of fused-ring (bicyclic) bond motifs is 1. The molecule has 1 heterocycles. The van der Waals surface area contributed by atoms with Gasteiger partial charge in [-0.2, -0.15) is 0 Å². The van der Waals surface area contributed by atoms with Crippen LogP contribution in [0, 0.1) is 0 Å². The fraction of sp³-hybridized carbons (Fsp3) is 0.364. The first kappa shape index (κ1) is 9.21. The lowest BCUT2D eigenvalue weighted by molar-refractivity contribution is -0.143. The van der Waals surface area contributed by atoms with Crippen molar-refractivity contribution in [3.8, 4) is 0 Å². The molecule has 0 bridgehead atoms. The van der Waals surface area contributed by atoms with E-state index in [0.717, 1.165) is 5.56 Å². The average Bonchev–Trinajstić information content (AvgIpc) is 2.62. The molecule has 74 valence electrons. The van der Waals surface area contributed by atoms with Crippen LogP contribution in [0.4, 0.5) is 0 Å². The molecular formula is C11H12O3. The number of rotatable bonds is 2. The second-order valence-corrected chi connectivity index (χ2v) is 3.28. The largest absolute Gasteiger partial charge is 0.469 e. The zero-order valence-corrected chi connectivity index (χ0v) is 8.03. The molecule has 0 spiro atoms. The maximum absolute atomic E-state index is 11.1. The third kappa shape index (κ3) is 1.63. The molecule has 0 fully saturated rings. The van der Waals surface area contributed by atoms with Gasteiger partial charge in [-0.25, -0.2) is 0 Å². The van der Waals surface area contributed by atoms with E-state index in [0.29, 0.717) is 13.0 Å². The number of ether oxygens (including phenoxy) is 2. The fourth-order valence-corrected chi connectivity index (χ4v) is 1.66. The Balaban J connectivity index is 2.14. The monoisotopic (exact) mass is 192 g/mol. The second-order valence-electron chi connectivity index (χ2n) is 3.28. The van der Waals surface area contributed by atoms with E-state index in [1.807, 2.05) is 24.3 Å². The van der Waals surface area contributed by atoms with Gasteiger partial charge in [-0.1, -0.05) is 24.3 Å². The minimum Gasteiger partial charge on any atom is -0.469 e. The van der Waals surface area contributed by atoms with Crippen molar-refractivity contribution in [3.63, 3.8) is 0 Å². The zero-order valence-electron chi connectivity index (χ0n) is 8.03. The van der Waals surface area contributed by atoms with Gasteiger partial charge in [0, 0.05) is 0 Å². The summed E-state index contributed by atoms with van der Waals surface area (Å²) in [7, 11) is 1.39. The molecule has 0 N–H and O–H groups in total. The summed E-state index contributed by atoms with van der Waals surface area (Å²) in [5.41, 5.74) is 2.28. The van der Waals surface area contributed by atoms with Gasteiger partial charge in [-0.05, 0) is 11.1 Å². The number of carbonyl (C=O) groups excluding carboxylic acids is 1. The van der Waals surface area contributed by atoms with E-state index in [-0.39, 0.29) is 12.1 Å². The second kappa shape index (κ2) is 3.80. The highest BCUT2D eigenvalue weighted by Gasteiger charge is 2.25. The molecule has 1 aliphatic rings. The standard InChI is InChI=1S/C11H12O3/c1-13-11(12)6-10-9-5-3-2-4-8(9)7-14-10/h2-5,10H,6-7H2,1H3/t10-/m1/s1. The van der Waals surface area contributed by atoms with Crippen LogP contribution in [0.1, 0.15) is 23.7 Å². The molecule has 3 heteroatoms. The van der Waals surface area contributed by atoms with Crippen molar-refractivity contribution in [1.82, 2.24) is 0 Å². The number of esters is 1. The predicted molar refractivity (Wildman–Crippen MR) is 50.6 cm³/mol. The SMILES string of the molecule is COC(=O)C[C@H]1OCc2ccccc21. The van der Waals surface area contributed by atoms with Crippen molar-refractivity contribution in [2.75, 3.05) is 7.11 Å². The highest BCUT2D eigenvalue weighted by molar-refractivity contribution is 5.70. The van der Waals surface area contributed by atoms with E-state index in [2.05, 4.69) is 4.74 Å². The quantitative estimate of drug-likeness (QED) is 0.670. The van der Waals surface area contributed by atoms with Gasteiger partial charge in [-0.15, -0.1) is 0 Å². The van der Waals surface area contributed by atoms with Crippen molar-refractivity contribution in [2.45, 2.75) is 19.1 Å². The molecule has 0 unspecified atom stereocenters. The Morgan fingerprint density at radius 3 is 3.14 bits per heavy atom. The van der Waals surface area contributed by atoms with Gasteiger partial charge in [0.05, 0.1) is 26.2 Å². The van der Waals surface area contributed by atoms with Gasteiger partial charge in [0.25, 0.3) is 0 Å². The Hall–Kier alpha value is -1.35. The maximum Gasteiger partial charge on any atom is 0.308 e. The van der Waals surface area contributed by atoms with Crippen LogP contribution in [-0.4, -0.2) is 13.1 Å². The van der Waals surface area contributed by atoms with Crippen LogP contribution in [0.15, 0.2) is 24.3 Å². The lowest BCUT2D eigenvalue weighted by atomic mass is 10.0. The molecule has 0 aromatic heterocycles. The lowest BCUT2D eigenvalue weighted by Gasteiger charge is -2.08. The van der Waals surface area contributed by atoms with Gasteiger partial charge in [-0.3, -0.25) is 4.79 Å². The lowest BCUT2D eigenvalue weighted by Crippen LogP contribution is -2.07. The van der Waals surface area contributed by atoms with E-state index < -0.39 is 0 Å². The summed E-state index contributed by atoms with van der Waals surface area (Å²) in [4.78, 5) is 11.1. The summed E-state index contributed by atoms with van der Waals surface area (Å²) in [6.45, 7) is 0.595. The van der Waals surface area contributed by atoms with Crippen molar-refractivity contribution in [1.29, 1.82) is 0 Å². The summed E-state index contributed by atoms with van der Waals surface area (Å²) < 4.78 is 10.1. The van der Waals surface area contributed by atoms with Crippen molar-refractivity contribution in [3.05, 3.63) is 35.4 Å². The topological polar surface area (TPSA) is 35.5 Å². The summed E-state index contributed by atoms with van der Waals surface area (Å²) in [6, 6.07) is 7.95. The van der Waals surface area contributed by atoms with E-state index in [1.54, 1.807) is 0 Å². The zero-order chi connectivity index (χ0) is 9.97. The molecule has 3 nitrogen and oxygen atoms in total. The molecule has 14 heavy (non-hydrogen) atoms. The molecule has 0 aliphatic carbocycles. The van der Waals surface area contributed by atoms with Gasteiger partial charge in [0.1, 0.15) is 0 Å². The van der Waals surface area contributed by atoms with Crippen molar-refractivity contribution < 1.29 is 14.3 Å². The highest BCUT2D eigenvalue weighted by atomic mass is 16.5. The Morgan fingerprint density at radius 1 is 1.57 bits per heavy atom. The van der Waals surface area contributed by atoms with Crippen molar-refractivity contribution in [2.24, 2.45) is 0 Å². The molecule has 1 aromatic carbocycles. The fourth-order valence-electron chi connectivity index (χ4n) is 1.66. The maximum atomic E-state index is 11.1. The molecule has 1 atom stereocenters. The molecule has 0 saturated heterocycles. The summed E-state index contributed by atoms with van der Waals surface area (Å²) >= 11 is 0. The van der Waals surface area contributed by atoms with Crippen LogP contribution >= 0.6 is 0 Å². The Bertz CT molecular complexity index is 346. The molecular weight excluding hydrogens is 180 g/mol. The molecule has 0 amide bonds. The first-order valence-electron chi connectivity index (χ1n) is 4.57. The van der Waals surface area contributed by atoms with Gasteiger partial charge in [0.15, 0.2) is 0 Å². The minimum absolute atomic E-state index is 0.126. The van der Waals surface area contributed by atoms with Crippen LogP contribution in [0.2, 0.25) is 0 Å². The van der Waals surface area contributed by atoms with Crippen molar-refractivity contribution >= 4 is 5.97 Å². The van der Waals surface area contributed by atoms with E-state index in [9.17, 15) is 4.79 Å². The van der Waals surface area contributed by atoms with Gasteiger partial charge < -0.3 is 9.47 Å². The predicted octanol–water partition coefficient (Wildman–Crippen LogP) is 1.82. The first-order chi connectivity index (χ1) is 6.81. The number of hydrogen-bond acceptors (Lipinski definition) is 3. The van der Waals surface area contributed by atoms with Crippen LogP contribution in [0.5, 0.6) is 0 Å². The van der Waals surface area contributed by atoms with Crippen LogP contribution < -0.4 is 0 Å². The van der Waals surface area contributed by atoms with Crippen LogP contribution in [-0.2, 0) is 20.9 Å². The Labute approximate surface area is 82.6 Å².